The summed E-state index contributed by atoms with van der Waals surface area (Å²) in [4.78, 5) is 26.5. The highest BCUT2D eigenvalue weighted by molar-refractivity contribution is 8.19. The molecule has 1 aliphatic heterocycles. The van der Waals surface area contributed by atoms with Gasteiger partial charge in [-0.1, -0.05) is 18.2 Å². The van der Waals surface area contributed by atoms with Crippen molar-refractivity contribution < 1.29 is 19.1 Å². The van der Waals surface area contributed by atoms with E-state index < -0.39 is 0 Å². The fourth-order valence-electron chi connectivity index (χ4n) is 2.55. The molecule has 6 heteroatoms. The number of ether oxygens (including phenoxy) is 2. The van der Waals surface area contributed by atoms with Gasteiger partial charge >= 0.3 is 0 Å². The van der Waals surface area contributed by atoms with Crippen molar-refractivity contribution in [3.63, 3.8) is 0 Å². The molecule has 1 saturated heterocycles. The molecule has 0 saturated carbocycles. The van der Waals surface area contributed by atoms with E-state index in [4.69, 9.17) is 9.47 Å². The van der Waals surface area contributed by atoms with Crippen LogP contribution in [0.2, 0.25) is 0 Å². The number of carbonyl (C=O) groups excluding carboxylic acids is 2. The topological polar surface area (TPSA) is 55.8 Å². The van der Waals surface area contributed by atoms with Crippen LogP contribution in [0.4, 0.5) is 10.5 Å². The van der Waals surface area contributed by atoms with Gasteiger partial charge in [-0.15, -0.1) is 0 Å². The van der Waals surface area contributed by atoms with Gasteiger partial charge in [0, 0.05) is 0 Å². The number of nitrogens with zero attached hydrogens (tertiary/aromatic N) is 1. The lowest BCUT2D eigenvalue weighted by atomic mass is 10.1. The molecule has 1 heterocycles. The quantitative estimate of drug-likeness (QED) is 0.767. The maximum atomic E-state index is 12.7. The van der Waals surface area contributed by atoms with Crippen molar-refractivity contribution in [1.29, 1.82) is 0 Å². The number of amides is 2. The Morgan fingerprint density at radius 2 is 1.76 bits per heavy atom. The van der Waals surface area contributed by atoms with Crippen LogP contribution in [-0.4, -0.2) is 25.4 Å². The predicted octanol–water partition coefficient (Wildman–Crippen LogP) is 4.25. The van der Waals surface area contributed by atoms with Crippen molar-refractivity contribution in [1.82, 2.24) is 0 Å². The lowest BCUT2D eigenvalue weighted by Crippen LogP contribution is -2.27. The van der Waals surface area contributed by atoms with Crippen LogP contribution < -0.4 is 14.4 Å². The molecule has 2 aromatic rings. The van der Waals surface area contributed by atoms with Crippen molar-refractivity contribution in [3.8, 4) is 11.5 Å². The summed E-state index contributed by atoms with van der Waals surface area (Å²) in [5, 5.41) is -0.303. The van der Waals surface area contributed by atoms with Gasteiger partial charge in [0.2, 0.25) is 0 Å². The van der Waals surface area contributed by atoms with E-state index in [2.05, 4.69) is 0 Å². The molecule has 1 aliphatic rings. The Kier molecular flexibility index (Phi) is 4.81. The number of aryl methyl sites for hydroxylation is 1. The fourth-order valence-corrected chi connectivity index (χ4v) is 3.39. The molecule has 2 amide bonds. The summed E-state index contributed by atoms with van der Waals surface area (Å²) in [7, 11) is 3.11. The Morgan fingerprint density at radius 1 is 1.00 bits per heavy atom. The first-order chi connectivity index (χ1) is 12.0. The molecular formula is C19H17NO4S. The van der Waals surface area contributed by atoms with Crippen molar-refractivity contribution in [2.24, 2.45) is 0 Å². The molecule has 0 aromatic heterocycles. The highest BCUT2D eigenvalue weighted by atomic mass is 32.2. The first kappa shape index (κ1) is 17.1. The van der Waals surface area contributed by atoms with Crippen LogP contribution in [-0.2, 0) is 4.79 Å². The minimum absolute atomic E-state index is 0.303. The van der Waals surface area contributed by atoms with Gasteiger partial charge in [0.05, 0.1) is 24.8 Å². The molecule has 0 bridgehead atoms. The van der Waals surface area contributed by atoms with Crippen LogP contribution in [0, 0.1) is 6.92 Å². The van der Waals surface area contributed by atoms with E-state index in [1.165, 1.54) is 4.90 Å². The standard InChI is InChI=1S/C19H17NO4S/c1-12-5-4-6-14(9-12)20-18(21)17(25-19(20)22)11-13-7-8-15(23-2)16(10-13)24-3/h4-11H,1-3H3/b17-11+. The zero-order chi connectivity index (χ0) is 18.0. The zero-order valence-corrected chi connectivity index (χ0v) is 14.9. The second-order valence-corrected chi connectivity index (χ2v) is 6.46. The normalized spacial score (nSPS) is 15.8. The van der Waals surface area contributed by atoms with Crippen molar-refractivity contribution in [2.75, 3.05) is 19.1 Å². The summed E-state index contributed by atoms with van der Waals surface area (Å²) >= 11 is 0.927. The Hall–Kier alpha value is -2.73. The molecule has 0 N–H and O–H groups in total. The number of carbonyl (C=O) groups is 2. The average Bonchev–Trinajstić information content (AvgIpc) is 2.88. The summed E-state index contributed by atoms with van der Waals surface area (Å²) in [5.41, 5.74) is 2.33. The van der Waals surface area contributed by atoms with Crippen LogP contribution >= 0.6 is 11.8 Å². The molecule has 0 aliphatic carbocycles. The van der Waals surface area contributed by atoms with Crippen LogP contribution in [0.5, 0.6) is 11.5 Å². The van der Waals surface area contributed by atoms with Gasteiger partial charge in [0.15, 0.2) is 11.5 Å². The number of methoxy groups -OCH3 is 2. The second-order valence-electron chi connectivity index (χ2n) is 5.47. The third-order valence-electron chi connectivity index (χ3n) is 3.76. The molecular weight excluding hydrogens is 338 g/mol. The van der Waals surface area contributed by atoms with Crippen molar-refractivity contribution in [3.05, 3.63) is 58.5 Å². The van der Waals surface area contributed by atoms with E-state index in [0.29, 0.717) is 22.1 Å². The SMILES string of the molecule is COc1ccc(/C=C2/SC(=O)N(c3cccc(C)c3)C2=O)cc1OC. The number of thioether (sulfide) groups is 1. The third kappa shape index (κ3) is 3.39. The highest BCUT2D eigenvalue weighted by Gasteiger charge is 2.36. The summed E-state index contributed by atoms with van der Waals surface area (Å²) in [6.45, 7) is 1.92. The largest absolute Gasteiger partial charge is 0.493 e. The average molecular weight is 355 g/mol. The van der Waals surface area contributed by atoms with Gasteiger partial charge in [-0.05, 0) is 60.2 Å². The van der Waals surface area contributed by atoms with Gasteiger partial charge in [0.25, 0.3) is 11.1 Å². The summed E-state index contributed by atoms with van der Waals surface area (Å²) in [6, 6.07) is 12.6. The molecule has 25 heavy (non-hydrogen) atoms. The third-order valence-corrected chi connectivity index (χ3v) is 4.63. The van der Waals surface area contributed by atoms with Gasteiger partial charge in [-0.2, -0.15) is 0 Å². The lowest BCUT2D eigenvalue weighted by Gasteiger charge is -2.12. The first-order valence-electron chi connectivity index (χ1n) is 7.60. The molecule has 128 valence electrons. The molecule has 0 atom stereocenters. The highest BCUT2D eigenvalue weighted by Crippen LogP contribution is 2.37. The van der Waals surface area contributed by atoms with Gasteiger partial charge in [-0.25, -0.2) is 4.90 Å². The summed E-state index contributed by atoms with van der Waals surface area (Å²) in [6.07, 6.45) is 1.68. The molecule has 0 radical (unpaired) electrons. The van der Waals surface area contributed by atoms with E-state index >= 15 is 0 Å². The molecule has 0 spiro atoms. The first-order valence-corrected chi connectivity index (χ1v) is 8.42. The summed E-state index contributed by atoms with van der Waals surface area (Å²) < 4.78 is 10.5. The number of hydrogen-bond acceptors (Lipinski definition) is 5. The van der Waals surface area contributed by atoms with E-state index in [-0.39, 0.29) is 11.1 Å². The molecule has 5 nitrogen and oxygen atoms in total. The van der Waals surface area contributed by atoms with Crippen LogP contribution in [0.3, 0.4) is 0 Å². The molecule has 0 unspecified atom stereocenters. The van der Waals surface area contributed by atoms with Crippen molar-refractivity contribution in [2.45, 2.75) is 6.92 Å². The maximum Gasteiger partial charge on any atom is 0.298 e. The fraction of sp³-hybridized carbons (Fsp3) is 0.158. The Labute approximate surface area is 150 Å². The Bertz CT molecular complexity index is 875. The van der Waals surface area contributed by atoms with E-state index in [9.17, 15) is 9.59 Å². The lowest BCUT2D eigenvalue weighted by molar-refractivity contribution is -0.113. The van der Waals surface area contributed by atoms with E-state index in [1.54, 1.807) is 38.5 Å². The van der Waals surface area contributed by atoms with Crippen LogP contribution in [0.25, 0.3) is 6.08 Å². The second kappa shape index (κ2) is 7.03. The smallest absolute Gasteiger partial charge is 0.298 e. The monoisotopic (exact) mass is 355 g/mol. The minimum Gasteiger partial charge on any atom is -0.493 e. The Balaban J connectivity index is 1.93. The van der Waals surface area contributed by atoms with E-state index in [0.717, 1.165) is 22.9 Å². The zero-order valence-electron chi connectivity index (χ0n) is 14.1. The molecule has 3 rings (SSSR count). The number of rotatable bonds is 4. The maximum absolute atomic E-state index is 12.7. The van der Waals surface area contributed by atoms with Crippen LogP contribution in [0.15, 0.2) is 47.4 Å². The van der Waals surface area contributed by atoms with Gasteiger partial charge in [0.1, 0.15) is 0 Å². The van der Waals surface area contributed by atoms with Crippen LogP contribution in [0.1, 0.15) is 11.1 Å². The number of benzene rings is 2. The number of anilines is 1. The van der Waals surface area contributed by atoms with Gasteiger partial charge in [-0.3, -0.25) is 9.59 Å². The van der Waals surface area contributed by atoms with Crippen molar-refractivity contribution >= 4 is 34.7 Å². The molecule has 2 aromatic carbocycles. The Morgan fingerprint density at radius 3 is 2.44 bits per heavy atom. The molecule has 1 fully saturated rings. The minimum atomic E-state index is -0.324. The van der Waals surface area contributed by atoms with E-state index in [1.807, 2.05) is 31.2 Å². The predicted molar refractivity (Wildman–Crippen MR) is 99.2 cm³/mol. The number of imide groups is 1. The summed E-state index contributed by atoms with van der Waals surface area (Å²) in [5.74, 6) is 0.845. The number of hydrogen-bond donors (Lipinski definition) is 0. The van der Waals surface area contributed by atoms with Gasteiger partial charge < -0.3 is 9.47 Å².